The van der Waals surface area contributed by atoms with Gasteiger partial charge in [-0.05, 0) is 42.0 Å². The summed E-state index contributed by atoms with van der Waals surface area (Å²) in [6.45, 7) is 4.02. The van der Waals surface area contributed by atoms with Gasteiger partial charge in [-0.3, -0.25) is 4.79 Å². The van der Waals surface area contributed by atoms with Crippen molar-refractivity contribution < 1.29 is 18.9 Å². The van der Waals surface area contributed by atoms with Crippen molar-refractivity contribution in [2.75, 3.05) is 27.9 Å². The predicted molar refractivity (Wildman–Crippen MR) is 123 cm³/mol. The fourth-order valence-electron chi connectivity index (χ4n) is 3.12. The van der Waals surface area contributed by atoms with Crippen LogP contribution in [0.15, 0.2) is 53.8 Å². The van der Waals surface area contributed by atoms with Crippen molar-refractivity contribution in [3.05, 3.63) is 69.5 Å². The molecule has 0 amide bonds. The predicted octanol–water partition coefficient (Wildman–Crippen LogP) is 2.96. The molecule has 0 atom stereocenters. The molecule has 9 heteroatoms. The number of nitrogens with zero attached hydrogens (tertiary/aromatic N) is 3. The standard InChI is InChI=1S/C23H21N3O5S/c1-5-10-31-17-8-6-14(11-18(17)29-3)12-20-22(27)26-23(32-20)24-21(25-26)15-7-9-16(28-2)19(13-15)30-4/h5-9,11-13H,1,10H2,2-4H3/b20-12-. The van der Waals surface area contributed by atoms with E-state index in [0.717, 1.165) is 11.1 Å². The Morgan fingerprint density at radius 3 is 2.41 bits per heavy atom. The lowest BCUT2D eigenvalue weighted by Crippen LogP contribution is -2.23. The maximum atomic E-state index is 12.9. The smallest absolute Gasteiger partial charge is 0.291 e. The van der Waals surface area contributed by atoms with Crippen LogP contribution >= 0.6 is 11.3 Å². The minimum Gasteiger partial charge on any atom is -0.493 e. The summed E-state index contributed by atoms with van der Waals surface area (Å²) in [4.78, 5) is 17.9. The van der Waals surface area contributed by atoms with Crippen molar-refractivity contribution in [3.8, 4) is 34.4 Å². The molecule has 0 aliphatic rings. The summed E-state index contributed by atoms with van der Waals surface area (Å²) < 4.78 is 23.4. The third kappa shape index (κ3) is 4.02. The van der Waals surface area contributed by atoms with Gasteiger partial charge in [0.15, 0.2) is 28.8 Å². The topological polar surface area (TPSA) is 84.2 Å². The Balaban J connectivity index is 1.70. The molecule has 0 aliphatic carbocycles. The van der Waals surface area contributed by atoms with E-state index in [1.54, 1.807) is 51.7 Å². The van der Waals surface area contributed by atoms with Gasteiger partial charge in [0.2, 0.25) is 4.96 Å². The van der Waals surface area contributed by atoms with Crippen LogP contribution in [0.2, 0.25) is 0 Å². The van der Waals surface area contributed by atoms with Crippen molar-refractivity contribution in [1.82, 2.24) is 14.6 Å². The van der Waals surface area contributed by atoms with E-state index < -0.39 is 0 Å². The molecule has 2 aromatic heterocycles. The summed E-state index contributed by atoms with van der Waals surface area (Å²) in [5, 5.41) is 4.39. The van der Waals surface area contributed by atoms with E-state index in [9.17, 15) is 4.79 Å². The maximum Gasteiger partial charge on any atom is 0.291 e. The Morgan fingerprint density at radius 2 is 1.72 bits per heavy atom. The molecule has 0 bridgehead atoms. The number of aromatic nitrogens is 3. The number of thiazole rings is 1. The number of ether oxygens (including phenoxy) is 4. The third-order valence-corrected chi connectivity index (χ3v) is 5.62. The Kier molecular flexibility index (Phi) is 6.09. The van der Waals surface area contributed by atoms with Gasteiger partial charge < -0.3 is 18.9 Å². The summed E-state index contributed by atoms with van der Waals surface area (Å²) >= 11 is 1.26. The summed E-state index contributed by atoms with van der Waals surface area (Å²) in [5.41, 5.74) is 1.29. The monoisotopic (exact) mass is 451 g/mol. The van der Waals surface area contributed by atoms with Gasteiger partial charge in [-0.2, -0.15) is 9.50 Å². The summed E-state index contributed by atoms with van der Waals surface area (Å²) in [7, 11) is 4.70. The van der Waals surface area contributed by atoms with Crippen LogP contribution in [-0.2, 0) is 0 Å². The Bertz CT molecular complexity index is 1390. The van der Waals surface area contributed by atoms with Crippen molar-refractivity contribution >= 4 is 22.4 Å². The molecule has 0 radical (unpaired) electrons. The van der Waals surface area contributed by atoms with Gasteiger partial charge in [0.05, 0.1) is 25.9 Å². The molecule has 4 aromatic rings. The number of hydrogen-bond donors (Lipinski definition) is 0. The van der Waals surface area contributed by atoms with Gasteiger partial charge in [-0.1, -0.05) is 30.1 Å². The first kappa shape index (κ1) is 21.4. The van der Waals surface area contributed by atoms with Crippen molar-refractivity contribution in [2.45, 2.75) is 0 Å². The van der Waals surface area contributed by atoms with Crippen LogP contribution in [0.3, 0.4) is 0 Å². The van der Waals surface area contributed by atoms with Gasteiger partial charge >= 0.3 is 0 Å². The normalized spacial score (nSPS) is 11.5. The molecule has 0 aliphatic heterocycles. The van der Waals surface area contributed by atoms with Crippen molar-refractivity contribution in [2.24, 2.45) is 0 Å². The lowest BCUT2D eigenvalue weighted by Gasteiger charge is -2.09. The van der Waals surface area contributed by atoms with Crippen LogP contribution in [0.4, 0.5) is 0 Å². The van der Waals surface area contributed by atoms with Crippen LogP contribution < -0.4 is 29.0 Å². The highest BCUT2D eigenvalue weighted by atomic mass is 32.1. The Hall–Kier alpha value is -3.85. The number of fused-ring (bicyclic) bond motifs is 1. The summed E-state index contributed by atoms with van der Waals surface area (Å²) in [6.07, 6.45) is 3.44. The van der Waals surface area contributed by atoms with Gasteiger partial charge in [0, 0.05) is 5.56 Å². The molecular weight excluding hydrogens is 430 g/mol. The SMILES string of the molecule is C=CCOc1ccc(/C=c2\sc3nc(-c4ccc(OC)c(OC)c4)nn3c2=O)cc1OC. The summed E-state index contributed by atoms with van der Waals surface area (Å²) in [5.74, 6) is 2.78. The van der Waals surface area contributed by atoms with Crippen LogP contribution in [0, 0.1) is 0 Å². The van der Waals surface area contributed by atoms with E-state index in [0.29, 0.717) is 44.9 Å². The molecule has 4 rings (SSSR count). The van der Waals surface area contributed by atoms with Crippen LogP contribution in [0.5, 0.6) is 23.0 Å². The van der Waals surface area contributed by atoms with Gasteiger partial charge in [-0.15, -0.1) is 5.10 Å². The van der Waals surface area contributed by atoms with Gasteiger partial charge in [-0.25, -0.2) is 0 Å². The van der Waals surface area contributed by atoms with Crippen molar-refractivity contribution in [1.29, 1.82) is 0 Å². The highest BCUT2D eigenvalue weighted by Crippen LogP contribution is 2.31. The van der Waals surface area contributed by atoms with E-state index in [2.05, 4.69) is 16.7 Å². The first-order valence-electron chi connectivity index (χ1n) is 9.63. The van der Waals surface area contributed by atoms with Crippen LogP contribution in [-0.4, -0.2) is 42.5 Å². The number of hydrogen-bond acceptors (Lipinski definition) is 8. The maximum absolute atomic E-state index is 12.9. The molecule has 0 N–H and O–H groups in total. The van der Waals surface area contributed by atoms with Crippen LogP contribution in [0.1, 0.15) is 5.56 Å². The molecule has 2 aromatic carbocycles. The van der Waals surface area contributed by atoms with E-state index in [1.807, 2.05) is 18.2 Å². The molecule has 8 nitrogen and oxygen atoms in total. The molecule has 0 unspecified atom stereocenters. The van der Waals surface area contributed by atoms with E-state index in [1.165, 1.54) is 15.9 Å². The van der Waals surface area contributed by atoms with Gasteiger partial charge in [0.1, 0.15) is 6.61 Å². The quantitative estimate of drug-likeness (QED) is 0.381. The second-order valence-electron chi connectivity index (χ2n) is 6.63. The zero-order valence-corrected chi connectivity index (χ0v) is 18.6. The van der Waals surface area contributed by atoms with E-state index in [4.69, 9.17) is 18.9 Å². The average molecular weight is 452 g/mol. The van der Waals surface area contributed by atoms with Gasteiger partial charge in [0.25, 0.3) is 5.56 Å². The molecular formula is C23H21N3O5S. The molecule has 0 saturated heterocycles. The number of rotatable bonds is 8. The minimum absolute atomic E-state index is 0.241. The zero-order chi connectivity index (χ0) is 22.7. The molecule has 32 heavy (non-hydrogen) atoms. The van der Waals surface area contributed by atoms with Crippen molar-refractivity contribution in [3.63, 3.8) is 0 Å². The molecule has 164 valence electrons. The Morgan fingerprint density at radius 1 is 1.00 bits per heavy atom. The van der Waals surface area contributed by atoms with E-state index >= 15 is 0 Å². The third-order valence-electron chi connectivity index (χ3n) is 4.67. The molecule has 0 fully saturated rings. The highest BCUT2D eigenvalue weighted by molar-refractivity contribution is 7.15. The van der Waals surface area contributed by atoms with E-state index in [-0.39, 0.29) is 5.56 Å². The highest BCUT2D eigenvalue weighted by Gasteiger charge is 2.14. The first-order valence-corrected chi connectivity index (χ1v) is 10.4. The summed E-state index contributed by atoms with van der Waals surface area (Å²) in [6, 6.07) is 10.8. The molecule has 2 heterocycles. The first-order chi connectivity index (χ1) is 15.6. The van der Waals surface area contributed by atoms with Crippen LogP contribution in [0.25, 0.3) is 22.4 Å². The largest absolute Gasteiger partial charge is 0.493 e. The average Bonchev–Trinajstić information content (AvgIpc) is 3.36. The lowest BCUT2D eigenvalue weighted by atomic mass is 10.2. The fraction of sp³-hybridized carbons (Fsp3) is 0.174. The lowest BCUT2D eigenvalue weighted by molar-refractivity contribution is 0.326. The Labute approximate surface area is 188 Å². The molecule has 0 saturated carbocycles. The second kappa shape index (κ2) is 9.11. The number of benzene rings is 2. The number of methoxy groups -OCH3 is 3. The molecule has 0 spiro atoms. The second-order valence-corrected chi connectivity index (χ2v) is 7.63. The zero-order valence-electron chi connectivity index (χ0n) is 17.8. The minimum atomic E-state index is -0.241. The fourth-order valence-corrected chi connectivity index (χ4v) is 4.03.